The van der Waals surface area contributed by atoms with Crippen LogP contribution >= 0.6 is 0 Å². The molecular formula is C13H23NO3. The van der Waals surface area contributed by atoms with E-state index in [0.29, 0.717) is 13.0 Å². The molecule has 0 aromatic carbocycles. The van der Waals surface area contributed by atoms with Gasteiger partial charge in [0, 0.05) is 32.8 Å². The maximum Gasteiger partial charge on any atom is 0.157 e. The largest absolute Gasteiger partial charge is 0.381 e. The van der Waals surface area contributed by atoms with Gasteiger partial charge in [-0.3, -0.25) is 0 Å². The molecule has 0 spiro atoms. The molecule has 0 aromatic heterocycles. The lowest BCUT2D eigenvalue weighted by molar-refractivity contribution is -0.163. The summed E-state index contributed by atoms with van der Waals surface area (Å²) in [5.41, 5.74) is 0. The van der Waals surface area contributed by atoms with Crippen molar-refractivity contribution in [2.75, 3.05) is 26.4 Å². The van der Waals surface area contributed by atoms with Gasteiger partial charge in [0.05, 0.1) is 6.07 Å². The molecule has 1 aliphatic heterocycles. The van der Waals surface area contributed by atoms with Crippen LogP contribution in [-0.4, -0.2) is 32.7 Å². The van der Waals surface area contributed by atoms with E-state index in [4.69, 9.17) is 19.5 Å². The Kier molecular flexibility index (Phi) is 8.93. The van der Waals surface area contributed by atoms with E-state index in [2.05, 4.69) is 6.07 Å². The molecule has 0 bridgehead atoms. The van der Waals surface area contributed by atoms with Gasteiger partial charge in [-0.2, -0.15) is 5.26 Å². The molecule has 4 heteroatoms. The summed E-state index contributed by atoms with van der Waals surface area (Å²) in [4.78, 5) is 0. The summed E-state index contributed by atoms with van der Waals surface area (Å²) < 4.78 is 16.5. The highest BCUT2D eigenvalue weighted by Gasteiger charge is 2.13. The molecule has 0 saturated carbocycles. The highest BCUT2D eigenvalue weighted by molar-refractivity contribution is 4.67. The Balaban J connectivity index is 1.76. The third-order valence-corrected chi connectivity index (χ3v) is 2.70. The van der Waals surface area contributed by atoms with Crippen LogP contribution in [0.4, 0.5) is 0 Å². The van der Waals surface area contributed by atoms with Gasteiger partial charge in [-0.25, -0.2) is 0 Å². The van der Waals surface area contributed by atoms with Gasteiger partial charge in [0.2, 0.25) is 0 Å². The molecule has 0 aromatic rings. The first-order valence-electron chi connectivity index (χ1n) is 6.61. The van der Waals surface area contributed by atoms with E-state index in [-0.39, 0.29) is 6.29 Å². The van der Waals surface area contributed by atoms with Gasteiger partial charge in [-0.1, -0.05) is 0 Å². The predicted octanol–water partition coefficient (Wildman–Crippen LogP) is 2.63. The van der Waals surface area contributed by atoms with Crippen molar-refractivity contribution in [1.82, 2.24) is 0 Å². The summed E-state index contributed by atoms with van der Waals surface area (Å²) in [5, 5.41) is 8.33. The van der Waals surface area contributed by atoms with Crippen molar-refractivity contribution in [3.05, 3.63) is 0 Å². The maximum atomic E-state index is 8.33. The van der Waals surface area contributed by atoms with Gasteiger partial charge in [-0.05, 0) is 38.5 Å². The molecule has 1 saturated heterocycles. The minimum Gasteiger partial charge on any atom is -0.381 e. The van der Waals surface area contributed by atoms with E-state index in [1.54, 1.807) is 0 Å². The van der Waals surface area contributed by atoms with Crippen LogP contribution in [0.5, 0.6) is 0 Å². The monoisotopic (exact) mass is 241 g/mol. The minimum absolute atomic E-state index is 0.0281. The van der Waals surface area contributed by atoms with E-state index in [1.165, 1.54) is 6.42 Å². The number of nitriles is 1. The fourth-order valence-electron chi connectivity index (χ4n) is 1.72. The normalized spacial score (nSPS) is 20.1. The Labute approximate surface area is 104 Å². The zero-order valence-corrected chi connectivity index (χ0v) is 10.5. The Morgan fingerprint density at radius 2 is 1.94 bits per heavy atom. The zero-order valence-electron chi connectivity index (χ0n) is 10.5. The van der Waals surface area contributed by atoms with Crippen molar-refractivity contribution >= 4 is 0 Å². The van der Waals surface area contributed by atoms with Gasteiger partial charge >= 0.3 is 0 Å². The first-order chi connectivity index (χ1) is 8.43. The summed E-state index contributed by atoms with van der Waals surface area (Å²) in [6, 6.07) is 2.10. The Bertz CT molecular complexity index is 209. The van der Waals surface area contributed by atoms with Crippen molar-refractivity contribution in [3.8, 4) is 6.07 Å². The summed E-state index contributed by atoms with van der Waals surface area (Å²) in [7, 11) is 0. The highest BCUT2D eigenvalue weighted by atomic mass is 16.7. The van der Waals surface area contributed by atoms with Crippen LogP contribution in [0.25, 0.3) is 0 Å². The second kappa shape index (κ2) is 10.5. The van der Waals surface area contributed by atoms with E-state index >= 15 is 0 Å². The molecule has 0 amide bonds. The molecular weight excluding hydrogens is 218 g/mol. The number of rotatable bonds is 9. The quantitative estimate of drug-likeness (QED) is 0.582. The topological polar surface area (TPSA) is 51.5 Å². The second-order valence-electron chi connectivity index (χ2n) is 4.25. The molecule has 1 unspecified atom stereocenters. The first kappa shape index (κ1) is 14.4. The van der Waals surface area contributed by atoms with E-state index in [0.717, 1.165) is 51.9 Å². The summed E-state index contributed by atoms with van der Waals surface area (Å²) in [6.07, 6.45) is 6.89. The Morgan fingerprint density at radius 1 is 1.12 bits per heavy atom. The third-order valence-electron chi connectivity index (χ3n) is 2.70. The van der Waals surface area contributed by atoms with Crippen LogP contribution in [0.1, 0.15) is 44.9 Å². The van der Waals surface area contributed by atoms with Crippen molar-refractivity contribution in [3.63, 3.8) is 0 Å². The van der Waals surface area contributed by atoms with Crippen LogP contribution in [0.3, 0.4) is 0 Å². The second-order valence-corrected chi connectivity index (χ2v) is 4.25. The zero-order chi connectivity index (χ0) is 12.2. The average molecular weight is 241 g/mol. The van der Waals surface area contributed by atoms with Gasteiger partial charge < -0.3 is 14.2 Å². The maximum absolute atomic E-state index is 8.33. The fraction of sp³-hybridized carbons (Fsp3) is 0.923. The van der Waals surface area contributed by atoms with Gasteiger partial charge in [0.25, 0.3) is 0 Å². The van der Waals surface area contributed by atoms with Crippen molar-refractivity contribution in [1.29, 1.82) is 5.26 Å². The molecule has 98 valence electrons. The van der Waals surface area contributed by atoms with Gasteiger partial charge in [0.1, 0.15) is 0 Å². The molecule has 1 aliphatic rings. The Morgan fingerprint density at radius 3 is 2.71 bits per heavy atom. The minimum atomic E-state index is 0.0281. The van der Waals surface area contributed by atoms with E-state index in [9.17, 15) is 0 Å². The first-order valence-corrected chi connectivity index (χ1v) is 6.61. The van der Waals surface area contributed by atoms with Crippen LogP contribution in [0, 0.1) is 11.3 Å². The number of hydrogen-bond donors (Lipinski definition) is 0. The van der Waals surface area contributed by atoms with Crippen molar-refractivity contribution in [2.45, 2.75) is 51.2 Å². The highest BCUT2D eigenvalue weighted by Crippen LogP contribution is 2.13. The lowest BCUT2D eigenvalue weighted by Crippen LogP contribution is -2.22. The average Bonchev–Trinajstić information content (AvgIpc) is 2.38. The van der Waals surface area contributed by atoms with Crippen molar-refractivity contribution < 1.29 is 14.2 Å². The smallest absolute Gasteiger partial charge is 0.157 e. The van der Waals surface area contributed by atoms with E-state index in [1.807, 2.05) is 0 Å². The van der Waals surface area contributed by atoms with Crippen LogP contribution in [-0.2, 0) is 14.2 Å². The molecule has 1 heterocycles. The third kappa shape index (κ3) is 8.14. The summed E-state index contributed by atoms with van der Waals surface area (Å²) in [5.74, 6) is 0. The number of hydrogen-bond acceptors (Lipinski definition) is 4. The number of unbranched alkanes of at least 4 members (excludes halogenated alkanes) is 2. The van der Waals surface area contributed by atoms with Crippen LogP contribution in [0.15, 0.2) is 0 Å². The summed E-state index contributed by atoms with van der Waals surface area (Å²) in [6.45, 7) is 3.05. The van der Waals surface area contributed by atoms with Gasteiger partial charge in [-0.15, -0.1) is 0 Å². The van der Waals surface area contributed by atoms with Crippen LogP contribution < -0.4 is 0 Å². The van der Waals surface area contributed by atoms with Crippen molar-refractivity contribution in [2.24, 2.45) is 0 Å². The lowest BCUT2D eigenvalue weighted by atomic mass is 10.2. The SMILES string of the molecule is N#CCCCOCCCCOC1CCCCO1. The number of ether oxygens (including phenoxy) is 3. The molecule has 0 aliphatic carbocycles. The molecule has 17 heavy (non-hydrogen) atoms. The van der Waals surface area contributed by atoms with Gasteiger partial charge in [0.15, 0.2) is 6.29 Å². The standard InChI is InChI=1S/C13H23NO3/c14-8-2-4-9-15-10-5-6-12-17-13-7-1-3-11-16-13/h13H,1-7,9-12H2. The molecule has 1 fully saturated rings. The lowest BCUT2D eigenvalue weighted by Gasteiger charge is -2.22. The Hall–Kier alpha value is -0.630. The molecule has 1 rings (SSSR count). The fourth-order valence-corrected chi connectivity index (χ4v) is 1.72. The predicted molar refractivity (Wildman–Crippen MR) is 64.4 cm³/mol. The molecule has 4 nitrogen and oxygen atoms in total. The van der Waals surface area contributed by atoms with Crippen LogP contribution in [0.2, 0.25) is 0 Å². The molecule has 0 N–H and O–H groups in total. The van der Waals surface area contributed by atoms with E-state index < -0.39 is 0 Å². The number of nitrogens with zero attached hydrogens (tertiary/aromatic N) is 1. The molecule has 1 atom stereocenters. The summed E-state index contributed by atoms with van der Waals surface area (Å²) >= 11 is 0. The molecule has 0 radical (unpaired) electrons.